The van der Waals surface area contributed by atoms with Crippen LogP contribution in [-0.4, -0.2) is 14.1 Å². The predicted molar refractivity (Wildman–Crippen MR) is 235 cm³/mol. The maximum Gasteiger partial charge on any atom is 0.130 e. The monoisotopic (exact) mass is 733 g/mol. The van der Waals surface area contributed by atoms with Gasteiger partial charge in [-0.3, -0.25) is 0 Å². The van der Waals surface area contributed by atoms with Gasteiger partial charge in [0.05, 0.1) is 39.1 Å². The molecular weight excluding hydrogens is 695 g/mol. The third kappa shape index (κ3) is 5.10. The van der Waals surface area contributed by atoms with Crippen LogP contribution < -0.4 is 4.74 Å². The summed E-state index contributed by atoms with van der Waals surface area (Å²) in [5, 5.41) is 4.95. The van der Waals surface area contributed by atoms with E-state index in [9.17, 15) is 0 Å². The van der Waals surface area contributed by atoms with E-state index in [1.807, 2.05) is 0 Å². The van der Waals surface area contributed by atoms with E-state index in [1.165, 1.54) is 60.3 Å². The maximum absolute atomic E-state index is 6.44. The zero-order valence-corrected chi connectivity index (χ0v) is 31.5. The molecule has 4 nitrogen and oxygen atoms in total. The minimum atomic E-state index is 0.278. The largest absolute Gasteiger partial charge is 0.461 e. The van der Waals surface area contributed by atoms with Crippen molar-refractivity contribution in [3.05, 3.63) is 199 Å². The molecule has 3 aliphatic rings. The Hall–Kier alpha value is -6.91. The molecule has 0 amide bonds. The molecule has 0 fully saturated rings. The van der Waals surface area contributed by atoms with Crippen LogP contribution in [-0.2, 0) is 0 Å². The molecule has 0 spiro atoms. The van der Waals surface area contributed by atoms with Crippen LogP contribution in [0.1, 0.15) is 54.3 Å². The molecule has 12 rings (SSSR count). The van der Waals surface area contributed by atoms with Crippen LogP contribution in [0.4, 0.5) is 0 Å². The zero-order valence-electron chi connectivity index (χ0n) is 31.5. The molecule has 0 radical (unpaired) electrons. The summed E-state index contributed by atoms with van der Waals surface area (Å²) in [5.41, 5.74) is 13.9. The number of nitrogens with zero attached hydrogens (tertiary/aromatic N) is 3. The van der Waals surface area contributed by atoms with Crippen molar-refractivity contribution in [2.45, 2.75) is 37.5 Å². The number of aromatic nitrogens is 3. The number of hydrogen-bond donors (Lipinski definition) is 0. The fourth-order valence-electron chi connectivity index (χ4n) is 9.84. The second kappa shape index (κ2) is 12.8. The van der Waals surface area contributed by atoms with E-state index in [0.29, 0.717) is 5.92 Å². The summed E-state index contributed by atoms with van der Waals surface area (Å²) >= 11 is 0. The summed E-state index contributed by atoms with van der Waals surface area (Å²) in [5.74, 6) is 2.75. The fraction of sp³-hybridized carbons (Fsp3) is 0.113. The number of rotatable bonds is 5. The quantitative estimate of drug-likeness (QED) is 0.176. The average Bonchev–Trinajstić information content (AvgIpc) is 3.94. The molecule has 272 valence electrons. The van der Waals surface area contributed by atoms with Gasteiger partial charge in [0.25, 0.3) is 0 Å². The summed E-state index contributed by atoms with van der Waals surface area (Å²) < 4.78 is 11.4. The molecule has 9 aromatic rings. The topological polar surface area (TPSA) is 32.0 Å². The molecule has 2 unspecified atom stereocenters. The first-order valence-electron chi connectivity index (χ1n) is 20.3. The Labute approximate surface area is 331 Å². The first-order valence-corrected chi connectivity index (χ1v) is 20.3. The predicted octanol–water partition coefficient (Wildman–Crippen LogP) is 13.6. The Bertz CT molecular complexity index is 3180. The number of hydrogen-bond acceptors (Lipinski definition) is 2. The van der Waals surface area contributed by atoms with Crippen molar-refractivity contribution in [2.75, 3.05) is 0 Å². The van der Waals surface area contributed by atoms with Crippen LogP contribution in [0.3, 0.4) is 0 Å². The van der Waals surface area contributed by atoms with Crippen LogP contribution in [0.25, 0.3) is 71.8 Å². The molecule has 3 aromatic heterocycles. The number of benzene rings is 6. The highest BCUT2D eigenvalue weighted by atomic mass is 16.5. The molecule has 2 atom stereocenters. The van der Waals surface area contributed by atoms with Crippen molar-refractivity contribution in [3.63, 3.8) is 0 Å². The lowest BCUT2D eigenvalue weighted by Crippen LogP contribution is -2.11. The van der Waals surface area contributed by atoms with Crippen LogP contribution >= 0.6 is 0 Å². The van der Waals surface area contributed by atoms with E-state index in [1.54, 1.807) is 0 Å². The number of fused-ring (bicyclic) bond motifs is 10. The van der Waals surface area contributed by atoms with Gasteiger partial charge in [-0.1, -0.05) is 127 Å². The standard InChI is InChI=1S/C53H39N3O/c1-3-14-34(15-4-1)46-32-39(33-47(54-46)35-16-5-2-6-17-35)56-49-24-11-8-21-41(49)45-29-28-44-40-20-7-10-23-48(40)55(52(44)53(45)56)38-19-13-18-36(30-38)37-26-27-43-42-22-9-12-25-50(42)57-51(43)31-37/h1,3-5,7-25,28-33,37,43H,2,6,26-27H2. The van der Waals surface area contributed by atoms with Gasteiger partial charge in [0, 0.05) is 50.2 Å². The fourth-order valence-corrected chi connectivity index (χ4v) is 9.84. The van der Waals surface area contributed by atoms with E-state index in [-0.39, 0.29) is 5.92 Å². The normalized spacial score (nSPS) is 17.5. The highest BCUT2D eigenvalue weighted by Gasteiger charge is 2.34. The molecule has 0 bridgehead atoms. The van der Waals surface area contributed by atoms with Gasteiger partial charge in [0.15, 0.2) is 0 Å². The van der Waals surface area contributed by atoms with Gasteiger partial charge in [0.1, 0.15) is 11.5 Å². The van der Waals surface area contributed by atoms with Crippen LogP contribution in [0.5, 0.6) is 5.75 Å². The van der Waals surface area contributed by atoms with Gasteiger partial charge in [-0.25, -0.2) is 4.98 Å². The maximum atomic E-state index is 6.44. The Morgan fingerprint density at radius 1 is 0.561 bits per heavy atom. The van der Waals surface area contributed by atoms with Crippen LogP contribution in [0.15, 0.2) is 182 Å². The van der Waals surface area contributed by atoms with Gasteiger partial charge in [0.2, 0.25) is 0 Å². The molecule has 4 heteroatoms. The molecule has 6 aromatic carbocycles. The Morgan fingerprint density at radius 2 is 1.26 bits per heavy atom. The average molecular weight is 734 g/mol. The number of ether oxygens (including phenoxy) is 1. The number of allylic oxidation sites excluding steroid dienone is 6. The van der Waals surface area contributed by atoms with Crippen molar-refractivity contribution in [2.24, 2.45) is 0 Å². The van der Waals surface area contributed by atoms with Crippen molar-refractivity contribution in [1.29, 1.82) is 0 Å². The van der Waals surface area contributed by atoms with Gasteiger partial charge < -0.3 is 13.9 Å². The summed E-state index contributed by atoms with van der Waals surface area (Å²) in [4.78, 5) is 5.29. The molecule has 1 aliphatic heterocycles. The van der Waals surface area contributed by atoms with E-state index in [0.717, 1.165) is 65.5 Å². The molecule has 4 heterocycles. The Morgan fingerprint density at radius 3 is 2.04 bits per heavy atom. The lowest BCUT2D eigenvalue weighted by Gasteiger charge is -2.24. The number of pyridine rings is 1. The number of para-hydroxylation sites is 3. The summed E-state index contributed by atoms with van der Waals surface area (Å²) in [7, 11) is 0. The van der Waals surface area contributed by atoms with Crippen molar-refractivity contribution >= 4 is 49.2 Å². The second-order valence-corrected chi connectivity index (χ2v) is 15.7. The highest BCUT2D eigenvalue weighted by Crippen LogP contribution is 2.49. The van der Waals surface area contributed by atoms with Gasteiger partial charge in [-0.2, -0.15) is 0 Å². The van der Waals surface area contributed by atoms with Gasteiger partial charge in [-0.15, -0.1) is 0 Å². The Kier molecular flexibility index (Phi) is 7.28. The summed E-state index contributed by atoms with van der Waals surface area (Å²) in [6.45, 7) is 0. The van der Waals surface area contributed by atoms with E-state index in [4.69, 9.17) is 9.72 Å². The van der Waals surface area contributed by atoms with Crippen molar-refractivity contribution in [3.8, 4) is 28.4 Å². The molecule has 57 heavy (non-hydrogen) atoms. The van der Waals surface area contributed by atoms with E-state index in [2.05, 4.69) is 185 Å². The highest BCUT2D eigenvalue weighted by molar-refractivity contribution is 6.23. The Balaban J connectivity index is 1.11. The smallest absolute Gasteiger partial charge is 0.130 e. The minimum absolute atomic E-state index is 0.278. The van der Waals surface area contributed by atoms with E-state index < -0.39 is 0 Å². The lowest BCUT2D eigenvalue weighted by atomic mass is 9.81. The third-order valence-electron chi connectivity index (χ3n) is 12.5. The zero-order chi connectivity index (χ0) is 37.5. The molecule has 2 aliphatic carbocycles. The van der Waals surface area contributed by atoms with E-state index >= 15 is 0 Å². The first kappa shape index (κ1) is 32.3. The lowest BCUT2D eigenvalue weighted by molar-refractivity contribution is 0.395. The van der Waals surface area contributed by atoms with Crippen LogP contribution in [0.2, 0.25) is 0 Å². The summed E-state index contributed by atoms with van der Waals surface area (Å²) in [6.07, 6.45) is 13.5. The molecular formula is C53H39N3O. The van der Waals surface area contributed by atoms with Gasteiger partial charge in [-0.05, 0) is 85.4 Å². The minimum Gasteiger partial charge on any atom is -0.461 e. The van der Waals surface area contributed by atoms with Crippen molar-refractivity contribution < 1.29 is 4.74 Å². The van der Waals surface area contributed by atoms with Gasteiger partial charge >= 0.3 is 0 Å². The van der Waals surface area contributed by atoms with Crippen LogP contribution in [0, 0.1) is 0 Å². The molecule has 0 N–H and O–H groups in total. The SMILES string of the molecule is C1=CC(c2cc(-n3c4ccccc4c4ccc5c6ccccc6n(-c6cccc(C7C=C8Oc9ccccc9C8CC7)c6)c5c43)cc(-c3ccccc3)n2)=CCC1. The second-order valence-electron chi connectivity index (χ2n) is 15.7. The van der Waals surface area contributed by atoms with Crippen molar-refractivity contribution in [1.82, 2.24) is 14.1 Å². The molecule has 0 saturated heterocycles. The molecule has 0 saturated carbocycles. The summed E-state index contributed by atoms with van der Waals surface area (Å²) in [6, 6.07) is 55.3. The first-order chi connectivity index (χ1) is 28.3. The third-order valence-corrected chi connectivity index (χ3v) is 12.5.